The van der Waals surface area contributed by atoms with Gasteiger partial charge in [-0.05, 0) is 24.8 Å². The largest absolute Gasteiger partial charge is 0.393 e. The number of nitrogens with zero attached hydrogens (tertiary/aromatic N) is 2. The molecule has 0 saturated heterocycles. The summed E-state index contributed by atoms with van der Waals surface area (Å²) in [4.78, 5) is 12.0. The highest BCUT2D eigenvalue weighted by atomic mass is 32.2. The van der Waals surface area contributed by atoms with Crippen LogP contribution < -0.4 is 10.0 Å². The van der Waals surface area contributed by atoms with Crippen molar-refractivity contribution in [2.45, 2.75) is 29.9 Å². The van der Waals surface area contributed by atoms with Gasteiger partial charge in [0, 0.05) is 31.2 Å². The first-order valence-electron chi connectivity index (χ1n) is 7.79. The van der Waals surface area contributed by atoms with Gasteiger partial charge in [-0.1, -0.05) is 0 Å². The van der Waals surface area contributed by atoms with Crippen molar-refractivity contribution >= 4 is 27.3 Å². The molecule has 0 aromatic carbocycles. The molecule has 8 nitrogen and oxygen atoms in total. The lowest BCUT2D eigenvalue weighted by Crippen LogP contribution is -2.41. The molecule has 136 valence electrons. The molecule has 1 amide bonds. The predicted molar refractivity (Wildman–Crippen MR) is 92.7 cm³/mol. The quantitative estimate of drug-likeness (QED) is 0.676. The Bertz CT molecular complexity index is 868. The van der Waals surface area contributed by atoms with E-state index in [0.717, 1.165) is 16.9 Å². The molecular weight excluding hydrogens is 364 g/mol. The number of thiophene rings is 1. The number of carbonyl (C=O) groups is 1. The van der Waals surface area contributed by atoms with Gasteiger partial charge < -0.3 is 10.4 Å². The molecule has 1 atom stereocenters. The van der Waals surface area contributed by atoms with Crippen molar-refractivity contribution in [1.82, 2.24) is 19.8 Å². The van der Waals surface area contributed by atoms with Crippen LogP contribution in [0, 0.1) is 5.92 Å². The number of amides is 1. The summed E-state index contributed by atoms with van der Waals surface area (Å²) in [5.41, 5.74) is 0.754. The first-order chi connectivity index (χ1) is 11.8. The van der Waals surface area contributed by atoms with Gasteiger partial charge in [0.2, 0.25) is 10.0 Å². The molecule has 3 rings (SSSR count). The topological polar surface area (TPSA) is 113 Å². The Balaban J connectivity index is 1.85. The summed E-state index contributed by atoms with van der Waals surface area (Å²) in [6.07, 6.45) is 4.07. The van der Waals surface area contributed by atoms with Crippen molar-refractivity contribution in [3.8, 4) is 0 Å². The third kappa shape index (κ3) is 3.76. The van der Waals surface area contributed by atoms with E-state index < -0.39 is 22.2 Å². The zero-order chi connectivity index (χ0) is 18.2. The molecule has 2 heterocycles. The number of nitrogens with one attached hydrogen (secondary N) is 2. The summed E-state index contributed by atoms with van der Waals surface area (Å²) < 4.78 is 29.8. The Hall–Kier alpha value is -1.75. The van der Waals surface area contributed by atoms with Crippen molar-refractivity contribution in [3.63, 3.8) is 0 Å². The van der Waals surface area contributed by atoms with E-state index in [0.29, 0.717) is 17.7 Å². The number of hydrogen-bond donors (Lipinski definition) is 3. The molecule has 1 aliphatic carbocycles. The van der Waals surface area contributed by atoms with Gasteiger partial charge in [-0.3, -0.25) is 9.48 Å². The molecule has 0 radical (unpaired) electrons. The summed E-state index contributed by atoms with van der Waals surface area (Å²) in [5.74, 6) is -0.316. The molecule has 0 unspecified atom stereocenters. The highest BCUT2D eigenvalue weighted by molar-refractivity contribution is 7.89. The molecular formula is C15H20N4O4S2. The molecule has 25 heavy (non-hydrogen) atoms. The number of hydrogen-bond acceptors (Lipinski definition) is 6. The summed E-state index contributed by atoms with van der Waals surface area (Å²) in [6.45, 7) is 0. The Labute approximate surface area is 149 Å². The van der Waals surface area contributed by atoms with E-state index in [1.807, 2.05) is 0 Å². The van der Waals surface area contributed by atoms with E-state index in [9.17, 15) is 18.3 Å². The van der Waals surface area contributed by atoms with Crippen LogP contribution in [0.15, 0.2) is 28.7 Å². The van der Waals surface area contributed by atoms with Crippen LogP contribution in [0.25, 0.3) is 0 Å². The van der Waals surface area contributed by atoms with Crippen LogP contribution in [0.4, 0.5) is 0 Å². The fraction of sp³-hybridized carbons (Fsp3) is 0.467. The number of aliphatic hydroxyl groups is 1. The number of aromatic nitrogens is 2. The minimum atomic E-state index is -3.80. The van der Waals surface area contributed by atoms with Crippen molar-refractivity contribution in [2.24, 2.45) is 13.0 Å². The lowest BCUT2D eigenvalue weighted by Gasteiger charge is -2.37. The third-order valence-electron chi connectivity index (χ3n) is 4.32. The Morgan fingerprint density at radius 3 is 2.76 bits per heavy atom. The SMILES string of the molecule is CNC(=O)c1cc(S(=O)(=O)N[C@@H](c2cnn(C)c2)C2CC(O)C2)cs1. The monoisotopic (exact) mass is 384 g/mol. The smallest absolute Gasteiger partial charge is 0.261 e. The maximum absolute atomic E-state index is 12.7. The zero-order valence-corrected chi connectivity index (χ0v) is 15.5. The normalized spacial score (nSPS) is 21.6. The van der Waals surface area contributed by atoms with Crippen LogP contribution in [0.2, 0.25) is 0 Å². The highest BCUT2D eigenvalue weighted by Gasteiger charge is 2.38. The maximum atomic E-state index is 12.7. The molecule has 2 aromatic heterocycles. The minimum absolute atomic E-state index is 0.00558. The lowest BCUT2D eigenvalue weighted by molar-refractivity contribution is 0.0280. The van der Waals surface area contributed by atoms with Crippen LogP contribution in [0.3, 0.4) is 0 Å². The van der Waals surface area contributed by atoms with Gasteiger partial charge in [-0.25, -0.2) is 13.1 Å². The van der Waals surface area contributed by atoms with Crippen LogP contribution in [-0.2, 0) is 17.1 Å². The van der Waals surface area contributed by atoms with E-state index in [1.165, 1.54) is 18.5 Å². The predicted octanol–water partition coefficient (Wildman–Crippen LogP) is 0.632. The highest BCUT2D eigenvalue weighted by Crippen LogP contribution is 2.39. The van der Waals surface area contributed by atoms with Crippen molar-refractivity contribution in [3.05, 3.63) is 34.3 Å². The molecule has 0 bridgehead atoms. The molecule has 2 aromatic rings. The van der Waals surface area contributed by atoms with Crippen molar-refractivity contribution < 1.29 is 18.3 Å². The van der Waals surface area contributed by atoms with Gasteiger partial charge in [0.15, 0.2) is 0 Å². The second-order valence-corrected chi connectivity index (χ2v) is 8.78. The summed E-state index contributed by atoms with van der Waals surface area (Å²) >= 11 is 1.08. The van der Waals surface area contributed by atoms with Crippen LogP contribution in [0.1, 0.15) is 34.1 Å². The average molecular weight is 384 g/mol. The van der Waals surface area contributed by atoms with E-state index in [1.54, 1.807) is 24.1 Å². The Kier molecular flexibility index (Phi) is 4.96. The second-order valence-electron chi connectivity index (χ2n) is 6.16. The Morgan fingerprint density at radius 1 is 1.48 bits per heavy atom. The van der Waals surface area contributed by atoms with E-state index >= 15 is 0 Å². The maximum Gasteiger partial charge on any atom is 0.261 e. The second kappa shape index (κ2) is 6.87. The van der Waals surface area contributed by atoms with Crippen LogP contribution in [0.5, 0.6) is 0 Å². The molecule has 1 saturated carbocycles. The molecule has 0 spiro atoms. The fourth-order valence-electron chi connectivity index (χ4n) is 2.88. The van der Waals surface area contributed by atoms with Gasteiger partial charge in [-0.2, -0.15) is 5.10 Å². The van der Waals surface area contributed by atoms with Crippen LogP contribution >= 0.6 is 11.3 Å². The number of aryl methyl sites for hydroxylation is 1. The van der Waals surface area contributed by atoms with Crippen molar-refractivity contribution in [1.29, 1.82) is 0 Å². The van der Waals surface area contributed by atoms with Crippen molar-refractivity contribution in [2.75, 3.05) is 7.05 Å². The average Bonchev–Trinajstić information content (AvgIpc) is 3.18. The summed E-state index contributed by atoms with van der Waals surface area (Å²) in [6, 6.07) is 0.896. The van der Waals surface area contributed by atoms with Crippen LogP contribution in [-0.4, -0.2) is 42.4 Å². The van der Waals surface area contributed by atoms with Gasteiger partial charge in [0.25, 0.3) is 5.91 Å². The number of rotatable bonds is 6. The molecule has 10 heteroatoms. The standard InChI is InChI=1S/C15H20N4O4S2/c1-16-15(21)13-5-12(8-24-13)25(22,23)18-14(9-3-11(20)4-9)10-6-17-19(2)7-10/h5-9,11,14,18,20H,3-4H2,1-2H3,(H,16,21)/t9?,11?,14-/m1/s1. The minimum Gasteiger partial charge on any atom is -0.393 e. The summed E-state index contributed by atoms with van der Waals surface area (Å²) in [5, 5.41) is 17.6. The number of sulfonamides is 1. The van der Waals surface area contributed by atoms with E-state index in [-0.39, 0.29) is 16.7 Å². The van der Waals surface area contributed by atoms with Gasteiger partial charge in [0.1, 0.15) is 0 Å². The van der Waals surface area contributed by atoms with Gasteiger partial charge in [0.05, 0.1) is 28.1 Å². The molecule has 1 aliphatic rings. The van der Waals surface area contributed by atoms with Gasteiger partial charge >= 0.3 is 0 Å². The third-order valence-corrected chi connectivity index (χ3v) is 6.82. The number of aliphatic hydroxyl groups excluding tert-OH is 1. The number of carbonyl (C=O) groups excluding carboxylic acids is 1. The molecule has 1 fully saturated rings. The Morgan fingerprint density at radius 2 is 2.20 bits per heavy atom. The fourth-order valence-corrected chi connectivity index (χ4v) is 5.39. The van der Waals surface area contributed by atoms with E-state index in [2.05, 4.69) is 15.1 Å². The lowest BCUT2D eigenvalue weighted by atomic mass is 9.76. The zero-order valence-electron chi connectivity index (χ0n) is 13.8. The summed E-state index contributed by atoms with van der Waals surface area (Å²) in [7, 11) is -0.538. The molecule has 3 N–H and O–H groups in total. The molecule has 0 aliphatic heterocycles. The van der Waals surface area contributed by atoms with Gasteiger partial charge in [-0.15, -0.1) is 11.3 Å². The van der Waals surface area contributed by atoms with E-state index in [4.69, 9.17) is 0 Å². The first kappa shape index (κ1) is 18.1. The first-order valence-corrected chi connectivity index (χ1v) is 10.2.